The van der Waals surface area contributed by atoms with Crippen LogP contribution in [0.25, 0.3) is 0 Å². The fourth-order valence-corrected chi connectivity index (χ4v) is 5.46. The number of benzene rings is 1. The second kappa shape index (κ2) is 10.4. The first-order valence-electron chi connectivity index (χ1n) is 12.0. The predicted octanol–water partition coefficient (Wildman–Crippen LogP) is 3.38. The zero-order valence-corrected chi connectivity index (χ0v) is 18.2. The number of nitrogens with one attached hydrogen (secondary N) is 1. The number of hydrogen-bond donors (Lipinski definition) is 1. The van der Waals surface area contributed by atoms with Gasteiger partial charge in [0.2, 0.25) is 11.8 Å². The molecule has 3 aliphatic rings. The molecule has 5 heteroatoms. The Kier molecular flexibility index (Phi) is 7.42. The van der Waals surface area contributed by atoms with Gasteiger partial charge in [-0.2, -0.15) is 0 Å². The summed E-state index contributed by atoms with van der Waals surface area (Å²) in [6, 6.07) is 11.0. The van der Waals surface area contributed by atoms with Crippen LogP contribution in [-0.2, 0) is 16.0 Å². The molecule has 164 valence electrons. The Morgan fingerprint density at radius 2 is 1.50 bits per heavy atom. The minimum atomic E-state index is 0.190. The SMILES string of the molecule is O=C(NC1CCCCC1)C1CCN(C2CCN(C(=O)Cc3ccccc3)CC2)CC1. The van der Waals surface area contributed by atoms with Crippen LogP contribution in [0.5, 0.6) is 0 Å². The largest absolute Gasteiger partial charge is 0.353 e. The van der Waals surface area contributed by atoms with Crippen LogP contribution < -0.4 is 5.32 Å². The summed E-state index contributed by atoms with van der Waals surface area (Å²) in [6.07, 6.45) is 10.7. The third kappa shape index (κ3) is 5.63. The van der Waals surface area contributed by atoms with E-state index in [1.807, 2.05) is 35.2 Å². The molecule has 5 nitrogen and oxygen atoms in total. The predicted molar refractivity (Wildman–Crippen MR) is 119 cm³/mol. The Hall–Kier alpha value is -1.88. The van der Waals surface area contributed by atoms with Crippen molar-refractivity contribution in [2.75, 3.05) is 26.2 Å². The summed E-state index contributed by atoms with van der Waals surface area (Å²) in [5, 5.41) is 3.32. The van der Waals surface area contributed by atoms with Gasteiger partial charge in [-0.25, -0.2) is 0 Å². The molecule has 3 fully saturated rings. The zero-order valence-electron chi connectivity index (χ0n) is 18.2. The van der Waals surface area contributed by atoms with Gasteiger partial charge in [-0.3, -0.25) is 9.59 Å². The summed E-state index contributed by atoms with van der Waals surface area (Å²) in [5.41, 5.74) is 1.10. The van der Waals surface area contributed by atoms with E-state index in [4.69, 9.17) is 0 Å². The van der Waals surface area contributed by atoms with Gasteiger partial charge >= 0.3 is 0 Å². The molecule has 2 aliphatic heterocycles. The maximum absolute atomic E-state index is 12.6. The lowest BCUT2D eigenvalue weighted by atomic mass is 9.91. The molecular weight excluding hydrogens is 374 g/mol. The van der Waals surface area contributed by atoms with Crippen molar-refractivity contribution in [1.29, 1.82) is 0 Å². The highest BCUT2D eigenvalue weighted by Crippen LogP contribution is 2.25. The van der Waals surface area contributed by atoms with E-state index in [1.54, 1.807) is 0 Å². The van der Waals surface area contributed by atoms with Gasteiger partial charge in [0, 0.05) is 31.1 Å². The summed E-state index contributed by atoms with van der Waals surface area (Å²) in [6.45, 7) is 3.76. The van der Waals surface area contributed by atoms with Gasteiger partial charge in [-0.05, 0) is 57.2 Å². The lowest BCUT2D eigenvalue weighted by Crippen LogP contribution is -2.51. The Labute approximate surface area is 181 Å². The average molecular weight is 412 g/mol. The van der Waals surface area contributed by atoms with Crippen LogP contribution in [0.15, 0.2) is 30.3 Å². The van der Waals surface area contributed by atoms with Crippen molar-refractivity contribution in [2.45, 2.75) is 76.3 Å². The van der Waals surface area contributed by atoms with E-state index in [9.17, 15) is 9.59 Å². The zero-order chi connectivity index (χ0) is 20.8. The molecular formula is C25H37N3O2. The number of rotatable bonds is 5. The molecule has 2 amide bonds. The Bertz CT molecular complexity index is 686. The second-order valence-corrected chi connectivity index (χ2v) is 9.43. The van der Waals surface area contributed by atoms with Crippen LogP contribution in [0.1, 0.15) is 63.4 Å². The molecule has 1 saturated carbocycles. The van der Waals surface area contributed by atoms with Crippen molar-refractivity contribution >= 4 is 11.8 Å². The first-order valence-corrected chi connectivity index (χ1v) is 12.0. The van der Waals surface area contributed by atoms with Crippen LogP contribution in [0.2, 0.25) is 0 Å². The quantitative estimate of drug-likeness (QED) is 0.808. The maximum Gasteiger partial charge on any atom is 0.226 e. The Morgan fingerprint density at radius 3 is 2.17 bits per heavy atom. The maximum atomic E-state index is 12.6. The van der Waals surface area contributed by atoms with Gasteiger partial charge in [-0.1, -0.05) is 49.6 Å². The average Bonchev–Trinajstić information content (AvgIpc) is 2.80. The van der Waals surface area contributed by atoms with Crippen LogP contribution in [-0.4, -0.2) is 59.9 Å². The highest BCUT2D eigenvalue weighted by molar-refractivity contribution is 5.79. The van der Waals surface area contributed by atoms with Crippen LogP contribution in [0, 0.1) is 5.92 Å². The lowest BCUT2D eigenvalue weighted by molar-refractivity contribution is -0.132. The van der Waals surface area contributed by atoms with Gasteiger partial charge in [0.15, 0.2) is 0 Å². The minimum Gasteiger partial charge on any atom is -0.353 e. The molecule has 1 N–H and O–H groups in total. The van der Waals surface area contributed by atoms with Crippen molar-refractivity contribution in [1.82, 2.24) is 15.1 Å². The summed E-state index contributed by atoms with van der Waals surface area (Å²) >= 11 is 0. The van der Waals surface area contributed by atoms with Gasteiger partial charge in [0.25, 0.3) is 0 Å². The number of likely N-dealkylation sites (tertiary alicyclic amines) is 2. The van der Waals surface area contributed by atoms with Gasteiger partial charge < -0.3 is 15.1 Å². The number of piperidine rings is 2. The van der Waals surface area contributed by atoms with Crippen molar-refractivity contribution < 1.29 is 9.59 Å². The summed E-state index contributed by atoms with van der Waals surface area (Å²) in [5.74, 6) is 0.733. The first kappa shape index (κ1) is 21.4. The first-order chi connectivity index (χ1) is 14.7. The smallest absolute Gasteiger partial charge is 0.226 e. The lowest BCUT2D eigenvalue weighted by Gasteiger charge is -2.41. The molecule has 1 aromatic carbocycles. The minimum absolute atomic E-state index is 0.190. The highest BCUT2D eigenvalue weighted by atomic mass is 16.2. The van der Waals surface area contributed by atoms with E-state index in [0.29, 0.717) is 24.4 Å². The Morgan fingerprint density at radius 1 is 0.833 bits per heavy atom. The number of carbonyl (C=O) groups excluding carboxylic acids is 2. The normalized spacial score (nSPS) is 22.7. The molecule has 2 heterocycles. The number of carbonyl (C=O) groups is 2. The Balaban J connectivity index is 1.17. The summed E-state index contributed by atoms with van der Waals surface area (Å²) in [7, 11) is 0. The van der Waals surface area contributed by atoms with Gasteiger partial charge in [0.1, 0.15) is 0 Å². The topological polar surface area (TPSA) is 52.7 Å². The molecule has 30 heavy (non-hydrogen) atoms. The number of nitrogens with zero attached hydrogens (tertiary/aromatic N) is 2. The highest BCUT2D eigenvalue weighted by Gasteiger charge is 2.32. The number of amides is 2. The van der Waals surface area contributed by atoms with Crippen molar-refractivity contribution in [3.8, 4) is 0 Å². The van der Waals surface area contributed by atoms with Gasteiger partial charge in [0.05, 0.1) is 6.42 Å². The van der Waals surface area contributed by atoms with Crippen molar-refractivity contribution in [2.24, 2.45) is 5.92 Å². The van der Waals surface area contributed by atoms with E-state index >= 15 is 0 Å². The van der Waals surface area contributed by atoms with E-state index in [1.165, 1.54) is 19.3 Å². The number of hydrogen-bond acceptors (Lipinski definition) is 3. The van der Waals surface area contributed by atoms with Crippen molar-refractivity contribution in [3.05, 3.63) is 35.9 Å². The molecule has 0 aromatic heterocycles. The molecule has 1 aliphatic carbocycles. The molecule has 0 atom stereocenters. The summed E-state index contributed by atoms with van der Waals surface area (Å²) in [4.78, 5) is 29.9. The molecule has 0 radical (unpaired) electrons. The summed E-state index contributed by atoms with van der Waals surface area (Å²) < 4.78 is 0. The molecule has 0 unspecified atom stereocenters. The van der Waals surface area contributed by atoms with Crippen molar-refractivity contribution in [3.63, 3.8) is 0 Å². The third-order valence-corrected chi connectivity index (χ3v) is 7.38. The second-order valence-electron chi connectivity index (χ2n) is 9.43. The molecule has 4 rings (SSSR count). The van der Waals surface area contributed by atoms with E-state index < -0.39 is 0 Å². The molecule has 0 bridgehead atoms. The standard InChI is InChI=1S/C25H37N3O2/c29-24(19-20-7-3-1-4-8-20)28-17-13-23(14-18-28)27-15-11-21(12-16-27)25(30)26-22-9-5-2-6-10-22/h1,3-4,7-8,21-23H,2,5-6,9-19H2,(H,26,30). The fourth-order valence-electron chi connectivity index (χ4n) is 5.46. The van der Waals surface area contributed by atoms with E-state index in [2.05, 4.69) is 10.2 Å². The fraction of sp³-hybridized carbons (Fsp3) is 0.680. The van der Waals surface area contributed by atoms with Crippen LogP contribution in [0.4, 0.5) is 0 Å². The van der Waals surface area contributed by atoms with Gasteiger partial charge in [-0.15, -0.1) is 0 Å². The third-order valence-electron chi connectivity index (χ3n) is 7.38. The van der Waals surface area contributed by atoms with Crippen LogP contribution in [0.3, 0.4) is 0 Å². The molecule has 1 aromatic rings. The van der Waals surface area contributed by atoms with E-state index in [0.717, 1.165) is 70.3 Å². The van der Waals surface area contributed by atoms with Crippen LogP contribution >= 0.6 is 0 Å². The molecule has 0 spiro atoms. The molecule has 2 saturated heterocycles. The monoisotopic (exact) mass is 411 g/mol. The van der Waals surface area contributed by atoms with E-state index in [-0.39, 0.29) is 11.8 Å².